The van der Waals surface area contributed by atoms with Gasteiger partial charge in [0.05, 0.1) is 5.52 Å². The first-order valence-corrected chi connectivity index (χ1v) is 7.66. The van der Waals surface area contributed by atoms with Crippen LogP contribution < -0.4 is 10.5 Å². The number of imidazole rings is 1. The predicted molar refractivity (Wildman–Crippen MR) is 94.5 cm³/mol. The Morgan fingerprint density at radius 1 is 1.00 bits per heavy atom. The number of H-pyrrole nitrogens is 1. The van der Waals surface area contributed by atoms with Crippen LogP contribution in [0.2, 0.25) is 0 Å². The maximum atomic E-state index is 6.02. The Morgan fingerprint density at radius 2 is 1.88 bits per heavy atom. The number of aromatic nitrogens is 3. The number of anilines is 1. The highest BCUT2D eigenvalue weighted by Crippen LogP contribution is 2.32. The van der Waals surface area contributed by atoms with Crippen LogP contribution >= 0.6 is 0 Å². The number of aromatic amines is 1. The normalized spacial score (nSPS) is 10.8. The van der Waals surface area contributed by atoms with Crippen molar-refractivity contribution in [2.45, 2.75) is 6.61 Å². The lowest BCUT2D eigenvalue weighted by Gasteiger charge is -2.09. The van der Waals surface area contributed by atoms with Gasteiger partial charge in [-0.3, -0.25) is 4.98 Å². The van der Waals surface area contributed by atoms with E-state index in [0.717, 1.165) is 27.7 Å². The standard InChI is InChI=1S/C19H16N4O/c20-19-22-16-9-15(14-7-4-8-21-11-14)10-17(18(16)23-19)24-12-13-5-2-1-3-6-13/h1-11H,12H2,(H3,20,22,23). The van der Waals surface area contributed by atoms with Crippen molar-refractivity contribution in [3.05, 3.63) is 72.6 Å². The van der Waals surface area contributed by atoms with Crippen LogP contribution in [-0.4, -0.2) is 15.0 Å². The van der Waals surface area contributed by atoms with Gasteiger partial charge in [0.15, 0.2) is 5.95 Å². The third-order valence-corrected chi connectivity index (χ3v) is 3.80. The molecular formula is C19H16N4O. The van der Waals surface area contributed by atoms with Gasteiger partial charge < -0.3 is 15.5 Å². The van der Waals surface area contributed by atoms with E-state index in [4.69, 9.17) is 10.5 Å². The largest absolute Gasteiger partial charge is 0.487 e. The van der Waals surface area contributed by atoms with Crippen molar-refractivity contribution in [2.24, 2.45) is 0 Å². The molecule has 2 aromatic heterocycles. The molecule has 2 heterocycles. The van der Waals surface area contributed by atoms with E-state index in [1.165, 1.54) is 0 Å². The molecular weight excluding hydrogens is 300 g/mol. The first-order chi connectivity index (χ1) is 11.8. The zero-order valence-electron chi connectivity index (χ0n) is 12.9. The second-order valence-electron chi connectivity index (χ2n) is 5.51. The lowest BCUT2D eigenvalue weighted by molar-refractivity contribution is 0.309. The van der Waals surface area contributed by atoms with Crippen LogP contribution in [0.4, 0.5) is 5.95 Å². The zero-order valence-corrected chi connectivity index (χ0v) is 12.9. The first-order valence-electron chi connectivity index (χ1n) is 7.66. The highest BCUT2D eigenvalue weighted by molar-refractivity contribution is 5.88. The molecule has 0 bridgehead atoms. The molecule has 5 nitrogen and oxygen atoms in total. The van der Waals surface area contributed by atoms with Gasteiger partial charge in [0, 0.05) is 18.0 Å². The molecule has 118 valence electrons. The molecule has 0 radical (unpaired) electrons. The van der Waals surface area contributed by atoms with Gasteiger partial charge in [-0.25, -0.2) is 4.98 Å². The van der Waals surface area contributed by atoms with E-state index in [9.17, 15) is 0 Å². The van der Waals surface area contributed by atoms with Crippen LogP contribution in [0.1, 0.15) is 5.56 Å². The van der Waals surface area contributed by atoms with Crippen LogP contribution in [0.5, 0.6) is 5.75 Å². The van der Waals surface area contributed by atoms with Crippen molar-refractivity contribution in [1.82, 2.24) is 15.0 Å². The summed E-state index contributed by atoms with van der Waals surface area (Å²) in [4.78, 5) is 11.6. The quantitative estimate of drug-likeness (QED) is 0.600. The third kappa shape index (κ3) is 2.79. The Hall–Kier alpha value is -3.34. The number of nitrogen functional groups attached to an aromatic ring is 1. The number of pyridine rings is 1. The van der Waals surface area contributed by atoms with Gasteiger partial charge in [-0.2, -0.15) is 0 Å². The van der Waals surface area contributed by atoms with Crippen LogP contribution in [0.3, 0.4) is 0 Å². The number of rotatable bonds is 4. The fourth-order valence-corrected chi connectivity index (χ4v) is 2.65. The number of nitrogens with zero attached hydrogens (tertiary/aromatic N) is 2. The van der Waals surface area contributed by atoms with Crippen molar-refractivity contribution < 1.29 is 4.74 Å². The molecule has 0 fully saturated rings. The summed E-state index contributed by atoms with van der Waals surface area (Å²) >= 11 is 0. The number of hydrogen-bond acceptors (Lipinski definition) is 4. The number of nitrogens with one attached hydrogen (secondary N) is 1. The van der Waals surface area contributed by atoms with Crippen molar-refractivity contribution in [2.75, 3.05) is 5.73 Å². The van der Waals surface area contributed by atoms with Gasteiger partial charge in [-0.1, -0.05) is 36.4 Å². The molecule has 0 aliphatic rings. The number of ether oxygens (including phenoxy) is 1. The molecule has 0 saturated carbocycles. The van der Waals surface area contributed by atoms with E-state index < -0.39 is 0 Å². The molecule has 4 aromatic rings. The summed E-state index contributed by atoms with van der Waals surface area (Å²) in [7, 11) is 0. The molecule has 0 atom stereocenters. The molecule has 0 amide bonds. The van der Waals surface area contributed by atoms with E-state index in [2.05, 4.69) is 15.0 Å². The molecule has 3 N–H and O–H groups in total. The zero-order chi connectivity index (χ0) is 16.4. The van der Waals surface area contributed by atoms with Crippen LogP contribution in [0.25, 0.3) is 22.2 Å². The minimum absolute atomic E-state index is 0.373. The highest BCUT2D eigenvalue weighted by atomic mass is 16.5. The van der Waals surface area contributed by atoms with E-state index in [1.807, 2.05) is 60.8 Å². The molecule has 0 aliphatic heterocycles. The Kier molecular flexibility index (Phi) is 3.59. The topological polar surface area (TPSA) is 76.8 Å². The molecule has 0 aliphatic carbocycles. The van der Waals surface area contributed by atoms with Crippen LogP contribution in [0.15, 0.2) is 67.0 Å². The van der Waals surface area contributed by atoms with Gasteiger partial charge in [-0.15, -0.1) is 0 Å². The summed E-state index contributed by atoms with van der Waals surface area (Å²) in [5, 5.41) is 0. The molecule has 0 unspecified atom stereocenters. The van der Waals surface area contributed by atoms with Gasteiger partial charge in [-0.05, 0) is 29.3 Å². The average Bonchev–Trinajstić information content (AvgIpc) is 3.01. The van der Waals surface area contributed by atoms with Crippen LogP contribution in [0, 0.1) is 0 Å². The first kappa shape index (κ1) is 14.3. The molecule has 5 heteroatoms. The lowest BCUT2D eigenvalue weighted by Crippen LogP contribution is -1.96. The molecule has 0 spiro atoms. The minimum atomic E-state index is 0.373. The Labute approximate surface area is 139 Å². The van der Waals surface area contributed by atoms with E-state index in [0.29, 0.717) is 18.3 Å². The van der Waals surface area contributed by atoms with Crippen molar-refractivity contribution in [3.63, 3.8) is 0 Å². The van der Waals surface area contributed by atoms with Gasteiger partial charge in [0.25, 0.3) is 0 Å². The second kappa shape index (κ2) is 6.04. The summed E-state index contributed by atoms with van der Waals surface area (Å²) in [5.41, 5.74) is 10.5. The summed E-state index contributed by atoms with van der Waals surface area (Å²) in [6, 6.07) is 17.9. The van der Waals surface area contributed by atoms with Crippen molar-refractivity contribution in [1.29, 1.82) is 0 Å². The monoisotopic (exact) mass is 316 g/mol. The maximum Gasteiger partial charge on any atom is 0.198 e. The Morgan fingerprint density at radius 3 is 2.67 bits per heavy atom. The fourth-order valence-electron chi connectivity index (χ4n) is 2.65. The number of fused-ring (bicyclic) bond motifs is 1. The summed E-state index contributed by atoms with van der Waals surface area (Å²) in [6.07, 6.45) is 3.57. The highest BCUT2D eigenvalue weighted by Gasteiger charge is 2.11. The van der Waals surface area contributed by atoms with E-state index >= 15 is 0 Å². The third-order valence-electron chi connectivity index (χ3n) is 3.80. The van der Waals surface area contributed by atoms with Crippen molar-refractivity contribution >= 4 is 17.0 Å². The SMILES string of the molecule is Nc1nc2c(OCc3ccccc3)cc(-c3cccnc3)cc2[nH]1. The maximum absolute atomic E-state index is 6.02. The number of nitrogens with two attached hydrogens (primary N) is 1. The number of benzene rings is 2. The summed E-state index contributed by atoms with van der Waals surface area (Å²) in [5.74, 6) is 1.07. The Bertz CT molecular complexity index is 965. The minimum Gasteiger partial charge on any atom is -0.487 e. The van der Waals surface area contributed by atoms with E-state index in [1.54, 1.807) is 6.20 Å². The van der Waals surface area contributed by atoms with Crippen LogP contribution in [-0.2, 0) is 6.61 Å². The molecule has 2 aromatic carbocycles. The summed E-state index contributed by atoms with van der Waals surface area (Å²) < 4.78 is 6.02. The molecule has 0 saturated heterocycles. The van der Waals surface area contributed by atoms with Gasteiger partial charge in [0.1, 0.15) is 17.9 Å². The average molecular weight is 316 g/mol. The second-order valence-corrected chi connectivity index (χ2v) is 5.51. The van der Waals surface area contributed by atoms with Crippen molar-refractivity contribution in [3.8, 4) is 16.9 Å². The Balaban J connectivity index is 1.75. The van der Waals surface area contributed by atoms with Gasteiger partial charge in [0.2, 0.25) is 0 Å². The molecule has 24 heavy (non-hydrogen) atoms. The number of hydrogen-bond donors (Lipinski definition) is 2. The summed E-state index contributed by atoms with van der Waals surface area (Å²) in [6.45, 7) is 0.471. The van der Waals surface area contributed by atoms with Gasteiger partial charge >= 0.3 is 0 Å². The predicted octanol–water partition coefficient (Wildman–Crippen LogP) is 3.79. The lowest BCUT2D eigenvalue weighted by atomic mass is 10.1. The smallest absolute Gasteiger partial charge is 0.198 e. The fraction of sp³-hybridized carbons (Fsp3) is 0.0526. The van der Waals surface area contributed by atoms with E-state index in [-0.39, 0.29) is 0 Å². The molecule has 4 rings (SSSR count).